The van der Waals surface area contributed by atoms with Crippen LogP contribution >= 0.6 is 11.6 Å². The lowest BCUT2D eigenvalue weighted by molar-refractivity contribution is 0.0644. The van der Waals surface area contributed by atoms with Gasteiger partial charge in [-0.05, 0) is 25.0 Å². The van der Waals surface area contributed by atoms with E-state index in [0.29, 0.717) is 19.7 Å². The number of hydrogen-bond acceptors (Lipinski definition) is 4. The fourth-order valence-corrected chi connectivity index (χ4v) is 2.83. The molecule has 1 aliphatic heterocycles. The summed E-state index contributed by atoms with van der Waals surface area (Å²) in [6, 6.07) is 6.04. The smallest absolute Gasteiger partial charge is 0.0897 e. The monoisotopic (exact) mass is 298 g/mol. The number of nitrogens with zero attached hydrogens (tertiary/aromatic N) is 1. The maximum Gasteiger partial charge on any atom is 0.0897 e. The number of methoxy groups -OCH3 is 1. The minimum atomic E-state index is -0.488. The molecule has 2 N–H and O–H groups in total. The van der Waals surface area contributed by atoms with Gasteiger partial charge < -0.3 is 20.1 Å². The van der Waals surface area contributed by atoms with E-state index < -0.39 is 6.10 Å². The summed E-state index contributed by atoms with van der Waals surface area (Å²) in [5.41, 5.74) is 2.32. The number of ether oxygens (including phenoxy) is 1. The molecule has 1 heterocycles. The Labute approximate surface area is 125 Å². The van der Waals surface area contributed by atoms with Gasteiger partial charge in [-0.3, -0.25) is 0 Å². The lowest BCUT2D eigenvalue weighted by atomic mass is 10.1. The van der Waals surface area contributed by atoms with Crippen LogP contribution in [0.5, 0.6) is 0 Å². The first-order valence-electron chi connectivity index (χ1n) is 7.12. The van der Waals surface area contributed by atoms with Gasteiger partial charge in [0, 0.05) is 49.6 Å². The van der Waals surface area contributed by atoms with Crippen molar-refractivity contribution in [3.05, 3.63) is 28.8 Å². The second kappa shape index (κ2) is 7.84. The lowest BCUT2D eigenvalue weighted by Crippen LogP contribution is -2.30. The second-order valence-corrected chi connectivity index (χ2v) is 5.58. The van der Waals surface area contributed by atoms with E-state index in [1.54, 1.807) is 7.11 Å². The Morgan fingerprint density at radius 2 is 2.15 bits per heavy atom. The van der Waals surface area contributed by atoms with Crippen LogP contribution in [0.15, 0.2) is 18.2 Å². The maximum absolute atomic E-state index is 9.65. The lowest BCUT2D eigenvalue weighted by Gasteiger charge is -2.22. The fourth-order valence-electron chi connectivity index (χ4n) is 2.59. The molecule has 0 radical (unpaired) electrons. The number of benzene rings is 1. The van der Waals surface area contributed by atoms with Gasteiger partial charge in [-0.2, -0.15) is 0 Å². The van der Waals surface area contributed by atoms with E-state index >= 15 is 0 Å². The number of anilines is 1. The van der Waals surface area contributed by atoms with Gasteiger partial charge in [0.25, 0.3) is 0 Å². The average Bonchev–Trinajstić information content (AvgIpc) is 2.94. The highest BCUT2D eigenvalue weighted by atomic mass is 35.5. The molecule has 1 aliphatic rings. The Morgan fingerprint density at radius 1 is 1.40 bits per heavy atom. The summed E-state index contributed by atoms with van der Waals surface area (Å²) in [7, 11) is 1.59. The van der Waals surface area contributed by atoms with Gasteiger partial charge in [-0.1, -0.05) is 17.7 Å². The Bertz CT molecular complexity index is 422. The zero-order valence-corrected chi connectivity index (χ0v) is 12.7. The standard InChI is InChI=1S/C15H23ClN2O2/c1-20-11-12(19)9-17-10-13-14(16)5-4-6-15(13)18-7-2-3-8-18/h4-6,12,17,19H,2-3,7-11H2,1H3. The molecule has 5 heteroatoms. The predicted molar refractivity (Wildman–Crippen MR) is 82.5 cm³/mol. The van der Waals surface area contributed by atoms with Crippen LogP contribution in [0.1, 0.15) is 18.4 Å². The first-order chi connectivity index (χ1) is 9.72. The van der Waals surface area contributed by atoms with Crippen LogP contribution in [0.3, 0.4) is 0 Å². The van der Waals surface area contributed by atoms with Crippen molar-refractivity contribution in [1.82, 2.24) is 5.32 Å². The third-order valence-corrected chi connectivity index (χ3v) is 3.94. The van der Waals surface area contributed by atoms with Gasteiger partial charge in [0.05, 0.1) is 12.7 Å². The van der Waals surface area contributed by atoms with Crippen molar-refractivity contribution in [2.24, 2.45) is 0 Å². The summed E-state index contributed by atoms with van der Waals surface area (Å²) in [6.45, 7) is 3.69. The van der Waals surface area contributed by atoms with E-state index in [1.807, 2.05) is 12.1 Å². The van der Waals surface area contributed by atoms with Crippen molar-refractivity contribution < 1.29 is 9.84 Å². The molecule has 112 valence electrons. The van der Waals surface area contributed by atoms with Crippen molar-refractivity contribution >= 4 is 17.3 Å². The molecular weight excluding hydrogens is 276 g/mol. The van der Waals surface area contributed by atoms with Crippen molar-refractivity contribution in [3.63, 3.8) is 0 Å². The fraction of sp³-hybridized carbons (Fsp3) is 0.600. The summed E-state index contributed by atoms with van der Waals surface area (Å²) in [6.07, 6.45) is 2.00. The number of aliphatic hydroxyl groups excluding tert-OH is 1. The summed E-state index contributed by atoms with van der Waals surface area (Å²) < 4.78 is 4.91. The average molecular weight is 299 g/mol. The van der Waals surface area contributed by atoms with Crippen molar-refractivity contribution in [2.45, 2.75) is 25.5 Å². The molecule has 0 aromatic heterocycles. The maximum atomic E-state index is 9.65. The Hall–Kier alpha value is -0.810. The molecule has 0 amide bonds. The topological polar surface area (TPSA) is 44.7 Å². The molecule has 0 spiro atoms. The van der Waals surface area contributed by atoms with Crippen LogP contribution in [0.2, 0.25) is 5.02 Å². The zero-order chi connectivity index (χ0) is 14.4. The summed E-state index contributed by atoms with van der Waals surface area (Å²) in [5, 5.41) is 13.7. The van der Waals surface area contributed by atoms with E-state index in [9.17, 15) is 5.11 Å². The Morgan fingerprint density at radius 3 is 2.85 bits per heavy atom. The number of aliphatic hydroxyl groups is 1. The highest BCUT2D eigenvalue weighted by Crippen LogP contribution is 2.29. The minimum Gasteiger partial charge on any atom is -0.389 e. The summed E-state index contributed by atoms with van der Waals surface area (Å²) >= 11 is 6.33. The van der Waals surface area contributed by atoms with E-state index in [4.69, 9.17) is 16.3 Å². The van der Waals surface area contributed by atoms with Crippen LogP contribution in [-0.4, -0.2) is 44.6 Å². The molecule has 1 aromatic carbocycles. The second-order valence-electron chi connectivity index (χ2n) is 5.17. The molecule has 1 unspecified atom stereocenters. The quantitative estimate of drug-likeness (QED) is 0.808. The Balaban J connectivity index is 1.98. The molecule has 1 fully saturated rings. The third kappa shape index (κ3) is 4.09. The van der Waals surface area contributed by atoms with E-state index in [0.717, 1.165) is 23.7 Å². The number of halogens is 1. The highest BCUT2D eigenvalue weighted by molar-refractivity contribution is 6.31. The van der Waals surface area contributed by atoms with Crippen molar-refractivity contribution in [3.8, 4) is 0 Å². The zero-order valence-electron chi connectivity index (χ0n) is 11.9. The van der Waals surface area contributed by atoms with Gasteiger partial charge in [0.1, 0.15) is 0 Å². The normalized spacial score (nSPS) is 16.6. The molecule has 0 bridgehead atoms. The molecule has 0 aliphatic carbocycles. The van der Waals surface area contributed by atoms with Crippen LogP contribution in [0, 0.1) is 0 Å². The highest BCUT2D eigenvalue weighted by Gasteiger charge is 2.17. The molecule has 1 aromatic rings. The molecule has 1 saturated heterocycles. The predicted octanol–water partition coefficient (Wildman–Crippen LogP) is 2.04. The molecule has 1 atom stereocenters. The summed E-state index contributed by atoms with van der Waals surface area (Å²) in [4.78, 5) is 2.38. The van der Waals surface area contributed by atoms with Crippen LogP contribution in [0.25, 0.3) is 0 Å². The van der Waals surface area contributed by atoms with E-state index in [1.165, 1.54) is 18.5 Å². The number of rotatable bonds is 7. The first kappa shape index (κ1) is 15.6. The van der Waals surface area contributed by atoms with Crippen LogP contribution in [0.4, 0.5) is 5.69 Å². The third-order valence-electron chi connectivity index (χ3n) is 3.58. The Kier molecular flexibility index (Phi) is 6.10. The number of hydrogen-bond donors (Lipinski definition) is 2. The van der Waals surface area contributed by atoms with Crippen molar-refractivity contribution in [2.75, 3.05) is 38.3 Å². The van der Waals surface area contributed by atoms with Crippen LogP contribution < -0.4 is 10.2 Å². The first-order valence-corrected chi connectivity index (χ1v) is 7.50. The molecule has 2 rings (SSSR count). The van der Waals surface area contributed by atoms with Gasteiger partial charge in [0.15, 0.2) is 0 Å². The van der Waals surface area contributed by atoms with Gasteiger partial charge in [-0.25, -0.2) is 0 Å². The van der Waals surface area contributed by atoms with E-state index in [-0.39, 0.29) is 0 Å². The molecule has 4 nitrogen and oxygen atoms in total. The van der Waals surface area contributed by atoms with Gasteiger partial charge >= 0.3 is 0 Å². The molecule has 20 heavy (non-hydrogen) atoms. The molecular formula is C15H23ClN2O2. The molecule has 0 saturated carbocycles. The number of nitrogens with one attached hydrogen (secondary N) is 1. The van der Waals surface area contributed by atoms with Gasteiger partial charge in [-0.15, -0.1) is 0 Å². The van der Waals surface area contributed by atoms with E-state index in [2.05, 4.69) is 16.3 Å². The van der Waals surface area contributed by atoms with Crippen LogP contribution in [-0.2, 0) is 11.3 Å². The largest absolute Gasteiger partial charge is 0.389 e. The summed E-state index contributed by atoms with van der Waals surface area (Å²) in [5.74, 6) is 0. The van der Waals surface area contributed by atoms with Crippen molar-refractivity contribution in [1.29, 1.82) is 0 Å². The van der Waals surface area contributed by atoms with Gasteiger partial charge in [0.2, 0.25) is 0 Å². The minimum absolute atomic E-state index is 0.342. The SMILES string of the molecule is COCC(O)CNCc1c(Cl)cccc1N1CCCC1.